The maximum atomic E-state index is 11.4. The second-order valence-electron chi connectivity index (χ2n) is 8.54. The summed E-state index contributed by atoms with van der Waals surface area (Å²) in [5.41, 5.74) is 3.45. The van der Waals surface area contributed by atoms with Crippen LogP contribution in [0.25, 0.3) is 0 Å². The number of non-ortho nitro benzene ring substituents is 1. The highest BCUT2D eigenvalue weighted by atomic mass is 79.9. The quantitative estimate of drug-likeness (QED) is 0.183. The lowest BCUT2D eigenvalue weighted by Gasteiger charge is -2.38. The number of nitrogens with one attached hydrogen (secondary N) is 1. The SMILES string of the molecule is COc1cc([C@@H]2Nc3c(Cl)cc([N+](=O)[O-])cc3[C@H]3C=CC[C@H]32)cc(Br)c1OCc1ccccc1Cl. The van der Waals surface area contributed by atoms with Gasteiger partial charge in [-0.15, -0.1) is 0 Å². The van der Waals surface area contributed by atoms with Crippen LogP contribution < -0.4 is 14.8 Å². The van der Waals surface area contributed by atoms with E-state index in [0.717, 1.165) is 33.3 Å². The Morgan fingerprint density at radius 2 is 1.97 bits per heavy atom. The molecule has 1 aliphatic carbocycles. The number of rotatable bonds is 6. The Morgan fingerprint density at radius 3 is 2.71 bits per heavy atom. The average Bonchev–Trinajstić information content (AvgIpc) is 3.33. The van der Waals surface area contributed by atoms with Crippen LogP contribution in [0.1, 0.15) is 35.1 Å². The number of halogens is 3. The number of nitro groups is 1. The standard InChI is InChI=1S/C26H21BrCl2N2O4/c1-34-23-10-15(9-20(27)26(23)35-13-14-5-2-3-8-21(14)28)24-18-7-4-6-17(18)19-11-16(31(32)33)12-22(29)25(19)30-24/h2-6,8-12,17-18,24,30H,7,13H2,1H3/t17-,18+,24-/m0/s1. The number of benzene rings is 3. The highest BCUT2D eigenvalue weighted by Crippen LogP contribution is 2.53. The Kier molecular flexibility index (Phi) is 6.66. The van der Waals surface area contributed by atoms with Crippen LogP contribution in [0.5, 0.6) is 11.5 Å². The molecule has 35 heavy (non-hydrogen) atoms. The molecule has 0 saturated heterocycles. The number of hydrogen-bond acceptors (Lipinski definition) is 5. The van der Waals surface area contributed by atoms with Crippen molar-refractivity contribution in [1.82, 2.24) is 0 Å². The molecule has 3 atom stereocenters. The first kappa shape index (κ1) is 24.0. The van der Waals surface area contributed by atoms with E-state index in [0.29, 0.717) is 28.2 Å². The van der Waals surface area contributed by atoms with Crippen molar-refractivity contribution in [1.29, 1.82) is 0 Å². The number of nitrogens with zero attached hydrogens (tertiary/aromatic N) is 1. The van der Waals surface area contributed by atoms with E-state index < -0.39 is 4.92 Å². The predicted molar refractivity (Wildman–Crippen MR) is 141 cm³/mol. The van der Waals surface area contributed by atoms with Crippen molar-refractivity contribution in [3.8, 4) is 11.5 Å². The van der Waals surface area contributed by atoms with Gasteiger partial charge in [-0.2, -0.15) is 0 Å². The molecule has 180 valence electrons. The number of nitro benzene ring substituents is 1. The molecule has 0 amide bonds. The molecule has 0 fully saturated rings. The summed E-state index contributed by atoms with van der Waals surface area (Å²) in [7, 11) is 1.60. The fraction of sp³-hybridized carbons (Fsp3) is 0.231. The van der Waals surface area contributed by atoms with E-state index in [1.807, 2.05) is 36.4 Å². The molecule has 2 aliphatic rings. The summed E-state index contributed by atoms with van der Waals surface area (Å²) in [6.45, 7) is 0.298. The molecule has 0 aromatic heterocycles. The van der Waals surface area contributed by atoms with Crippen LogP contribution in [0, 0.1) is 16.0 Å². The number of anilines is 1. The third-order valence-electron chi connectivity index (χ3n) is 6.56. The van der Waals surface area contributed by atoms with Gasteiger partial charge in [-0.1, -0.05) is 53.6 Å². The van der Waals surface area contributed by atoms with E-state index in [2.05, 4.69) is 33.4 Å². The van der Waals surface area contributed by atoms with Gasteiger partial charge < -0.3 is 14.8 Å². The normalized spacial score (nSPS) is 20.1. The topological polar surface area (TPSA) is 73.6 Å². The summed E-state index contributed by atoms with van der Waals surface area (Å²) in [5.74, 6) is 1.37. The number of fused-ring (bicyclic) bond motifs is 3. The van der Waals surface area contributed by atoms with E-state index in [9.17, 15) is 10.1 Å². The molecule has 3 aromatic rings. The number of allylic oxidation sites excluding steroid dienone is 2. The molecule has 5 rings (SSSR count). The highest BCUT2D eigenvalue weighted by molar-refractivity contribution is 9.10. The van der Waals surface area contributed by atoms with Crippen molar-refractivity contribution < 1.29 is 14.4 Å². The minimum atomic E-state index is -0.407. The third-order valence-corrected chi connectivity index (χ3v) is 7.81. The first-order valence-corrected chi connectivity index (χ1v) is 12.6. The molecule has 6 nitrogen and oxygen atoms in total. The van der Waals surface area contributed by atoms with E-state index in [1.165, 1.54) is 6.07 Å². The van der Waals surface area contributed by atoms with Crippen molar-refractivity contribution in [3.63, 3.8) is 0 Å². The summed E-state index contributed by atoms with van der Waals surface area (Å²) in [4.78, 5) is 11.0. The minimum Gasteiger partial charge on any atom is -0.493 e. The number of hydrogen-bond donors (Lipinski definition) is 1. The number of methoxy groups -OCH3 is 1. The fourth-order valence-corrected chi connectivity index (χ4v) is 5.94. The Bertz CT molecular complexity index is 1350. The molecule has 0 saturated carbocycles. The van der Waals surface area contributed by atoms with Gasteiger partial charge in [-0.3, -0.25) is 10.1 Å². The molecular formula is C26H21BrCl2N2O4. The highest BCUT2D eigenvalue weighted by Gasteiger charge is 2.40. The minimum absolute atomic E-state index is 0.00233. The molecule has 0 radical (unpaired) electrons. The summed E-state index contributed by atoms with van der Waals surface area (Å²) in [6.07, 6.45) is 5.08. The van der Waals surface area contributed by atoms with Crippen LogP contribution in [0.2, 0.25) is 10.0 Å². The Labute approximate surface area is 221 Å². The summed E-state index contributed by atoms with van der Waals surface area (Å²) < 4.78 is 12.5. The van der Waals surface area contributed by atoms with Gasteiger partial charge >= 0.3 is 0 Å². The van der Waals surface area contributed by atoms with Crippen molar-refractivity contribution in [2.45, 2.75) is 25.0 Å². The third kappa shape index (κ3) is 4.48. The van der Waals surface area contributed by atoms with E-state index in [4.69, 9.17) is 32.7 Å². The van der Waals surface area contributed by atoms with Gasteiger partial charge in [-0.25, -0.2) is 0 Å². The molecule has 0 unspecified atom stereocenters. The van der Waals surface area contributed by atoms with Crippen molar-refractivity contribution >= 4 is 50.5 Å². The lowest BCUT2D eigenvalue weighted by Crippen LogP contribution is -2.29. The lowest BCUT2D eigenvalue weighted by molar-refractivity contribution is -0.384. The molecular weight excluding hydrogens is 555 g/mol. The number of ether oxygens (including phenoxy) is 2. The van der Waals surface area contributed by atoms with Crippen molar-refractivity contribution in [2.24, 2.45) is 5.92 Å². The average molecular weight is 576 g/mol. The maximum Gasteiger partial charge on any atom is 0.271 e. The Morgan fingerprint density at radius 1 is 1.17 bits per heavy atom. The van der Waals surface area contributed by atoms with Gasteiger partial charge in [-0.05, 0) is 57.6 Å². The molecule has 1 N–H and O–H groups in total. The van der Waals surface area contributed by atoms with E-state index in [1.54, 1.807) is 13.2 Å². The lowest BCUT2D eigenvalue weighted by atomic mass is 9.77. The first-order valence-electron chi connectivity index (χ1n) is 11.0. The zero-order chi connectivity index (χ0) is 24.7. The molecule has 3 aromatic carbocycles. The van der Waals surface area contributed by atoms with Gasteiger partial charge in [0.15, 0.2) is 11.5 Å². The van der Waals surface area contributed by atoms with E-state index in [-0.39, 0.29) is 23.6 Å². The van der Waals surface area contributed by atoms with Crippen LogP contribution in [-0.2, 0) is 6.61 Å². The van der Waals surface area contributed by atoms with Gasteiger partial charge in [0.25, 0.3) is 5.69 Å². The predicted octanol–water partition coefficient (Wildman–Crippen LogP) is 8.08. The molecule has 1 heterocycles. The molecule has 9 heteroatoms. The van der Waals surface area contributed by atoms with Gasteiger partial charge in [0.1, 0.15) is 6.61 Å². The largest absolute Gasteiger partial charge is 0.493 e. The van der Waals surface area contributed by atoms with Gasteiger partial charge in [0.2, 0.25) is 0 Å². The summed E-state index contributed by atoms with van der Waals surface area (Å²) in [5, 5.41) is 15.9. The fourth-order valence-electron chi connectivity index (χ4n) is 4.90. The van der Waals surface area contributed by atoms with E-state index >= 15 is 0 Å². The maximum absolute atomic E-state index is 11.4. The van der Waals surface area contributed by atoms with Gasteiger partial charge in [0.05, 0.1) is 33.3 Å². The summed E-state index contributed by atoms with van der Waals surface area (Å²) >= 11 is 16.4. The molecule has 0 spiro atoms. The van der Waals surface area contributed by atoms with Crippen LogP contribution in [0.3, 0.4) is 0 Å². The Balaban J connectivity index is 1.49. The van der Waals surface area contributed by atoms with Crippen LogP contribution >= 0.6 is 39.1 Å². The zero-order valence-corrected chi connectivity index (χ0v) is 21.7. The van der Waals surface area contributed by atoms with Gasteiger partial charge in [0, 0.05) is 28.6 Å². The zero-order valence-electron chi connectivity index (χ0n) is 18.6. The second-order valence-corrected chi connectivity index (χ2v) is 10.2. The monoisotopic (exact) mass is 574 g/mol. The van der Waals surface area contributed by atoms with Crippen molar-refractivity contribution in [2.75, 3.05) is 12.4 Å². The van der Waals surface area contributed by atoms with Crippen LogP contribution in [0.4, 0.5) is 11.4 Å². The van der Waals surface area contributed by atoms with Crippen molar-refractivity contribution in [3.05, 3.63) is 102 Å². The van der Waals surface area contributed by atoms with Crippen LogP contribution in [-0.4, -0.2) is 12.0 Å². The molecule has 1 aliphatic heterocycles. The Hall–Kier alpha value is -2.74. The summed E-state index contributed by atoms with van der Waals surface area (Å²) in [6, 6.07) is 14.5. The smallest absolute Gasteiger partial charge is 0.271 e. The first-order chi connectivity index (χ1) is 16.9. The van der Waals surface area contributed by atoms with Crippen LogP contribution in [0.15, 0.2) is 65.2 Å². The molecule has 0 bridgehead atoms. The second kappa shape index (κ2) is 9.72.